The van der Waals surface area contributed by atoms with Gasteiger partial charge in [-0.3, -0.25) is 4.79 Å². The van der Waals surface area contributed by atoms with E-state index in [1.165, 1.54) is 22.3 Å². The van der Waals surface area contributed by atoms with E-state index < -0.39 is 5.41 Å². The predicted molar refractivity (Wildman–Crippen MR) is 137 cm³/mol. The van der Waals surface area contributed by atoms with Crippen LogP contribution in [0.1, 0.15) is 58.1 Å². The van der Waals surface area contributed by atoms with Gasteiger partial charge in [-0.2, -0.15) is 5.26 Å². The highest BCUT2D eigenvalue weighted by Crippen LogP contribution is 2.58. The lowest BCUT2D eigenvalue weighted by atomic mass is 9.54. The number of carbonyl (C=O) groups excluding carboxylic acids is 1. The van der Waals surface area contributed by atoms with Crippen molar-refractivity contribution in [1.29, 1.82) is 5.26 Å². The zero-order valence-electron chi connectivity index (χ0n) is 20.7. The highest BCUT2D eigenvalue weighted by Gasteiger charge is 2.57. The number of nitriles is 1. The monoisotopic (exact) mass is 464 g/mol. The molecule has 0 bridgehead atoms. The first-order chi connectivity index (χ1) is 16.9. The minimum absolute atomic E-state index is 0.175. The van der Waals surface area contributed by atoms with Crippen molar-refractivity contribution in [1.82, 2.24) is 5.32 Å². The average Bonchev–Trinajstić information content (AvgIpc) is 3.20. The van der Waals surface area contributed by atoms with Gasteiger partial charge in [-0.15, -0.1) is 0 Å². The van der Waals surface area contributed by atoms with Crippen LogP contribution in [-0.4, -0.2) is 19.6 Å². The van der Waals surface area contributed by atoms with Crippen LogP contribution < -0.4 is 10.1 Å². The Bertz CT molecular complexity index is 1270. The van der Waals surface area contributed by atoms with E-state index in [0.717, 1.165) is 24.2 Å². The molecule has 1 amide bonds. The van der Waals surface area contributed by atoms with Crippen LogP contribution >= 0.6 is 0 Å². The Morgan fingerprint density at radius 1 is 1.06 bits per heavy atom. The summed E-state index contributed by atoms with van der Waals surface area (Å²) < 4.78 is 5.47. The molecule has 5 rings (SSSR count). The van der Waals surface area contributed by atoms with Gasteiger partial charge in [-0.05, 0) is 97.4 Å². The van der Waals surface area contributed by atoms with Crippen LogP contribution in [0.15, 0.2) is 66.7 Å². The number of amides is 1. The van der Waals surface area contributed by atoms with Crippen LogP contribution in [0.3, 0.4) is 0 Å². The number of hydrogen-bond donors (Lipinski definition) is 1. The maximum absolute atomic E-state index is 13.5. The molecular weight excluding hydrogens is 432 g/mol. The van der Waals surface area contributed by atoms with Gasteiger partial charge in [-0.1, -0.05) is 48.0 Å². The second-order valence-corrected chi connectivity index (χ2v) is 10.3. The van der Waals surface area contributed by atoms with Crippen molar-refractivity contribution in [3.8, 4) is 11.8 Å². The number of aryl methyl sites for hydroxylation is 2. The Morgan fingerprint density at radius 2 is 1.80 bits per heavy atom. The smallest absolute Gasteiger partial charge is 0.226 e. The van der Waals surface area contributed by atoms with Crippen LogP contribution in [0.25, 0.3) is 0 Å². The molecule has 0 spiro atoms. The Balaban J connectivity index is 1.58. The molecule has 1 saturated heterocycles. The zero-order valence-corrected chi connectivity index (χ0v) is 20.7. The van der Waals surface area contributed by atoms with E-state index in [1.807, 2.05) is 24.3 Å². The molecule has 3 aromatic carbocycles. The molecule has 4 heteroatoms. The largest absolute Gasteiger partial charge is 0.497 e. The fourth-order valence-electron chi connectivity index (χ4n) is 6.54. The molecule has 1 aliphatic heterocycles. The number of rotatable bonds is 5. The molecule has 3 aromatic rings. The fourth-order valence-corrected chi connectivity index (χ4v) is 6.54. The summed E-state index contributed by atoms with van der Waals surface area (Å²) in [4.78, 5) is 13.5. The van der Waals surface area contributed by atoms with Crippen molar-refractivity contribution in [2.75, 3.05) is 13.7 Å². The van der Waals surface area contributed by atoms with E-state index in [1.54, 1.807) is 7.11 Å². The van der Waals surface area contributed by atoms with Gasteiger partial charge < -0.3 is 10.1 Å². The van der Waals surface area contributed by atoms with Crippen LogP contribution in [0.5, 0.6) is 5.75 Å². The molecule has 1 heterocycles. The number of nitrogens with one attached hydrogen (secondary N) is 1. The number of hydrogen-bond acceptors (Lipinski definition) is 3. The molecule has 1 aliphatic carbocycles. The van der Waals surface area contributed by atoms with Crippen molar-refractivity contribution in [3.05, 3.63) is 100 Å². The molecule has 2 aliphatic rings. The van der Waals surface area contributed by atoms with Crippen molar-refractivity contribution < 1.29 is 9.53 Å². The first-order valence-electron chi connectivity index (χ1n) is 12.4. The lowest BCUT2D eigenvalue weighted by Crippen LogP contribution is -2.44. The quantitative estimate of drug-likeness (QED) is 0.517. The average molecular weight is 465 g/mol. The van der Waals surface area contributed by atoms with E-state index in [4.69, 9.17) is 4.74 Å². The van der Waals surface area contributed by atoms with Gasteiger partial charge in [0.15, 0.2) is 0 Å². The topological polar surface area (TPSA) is 62.1 Å². The minimum Gasteiger partial charge on any atom is -0.497 e. The molecule has 2 fully saturated rings. The summed E-state index contributed by atoms with van der Waals surface area (Å²) in [5, 5.41) is 12.4. The third-order valence-electron chi connectivity index (χ3n) is 8.35. The maximum atomic E-state index is 13.5. The van der Waals surface area contributed by atoms with Crippen LogP contribution in [0, 0.1) is 36.5 Å². The van der Waals surface area contributed by atoms with E-state index in [-0.39, 0.29) is 17.7 Å². The van der Waals surface area contributed by atoms with Gasteiger partial charge in [0, 0.05) is 6.54 Å². The van der Waals surface area contributed by atoms with Gasteiger partial charge in [0.2, 0.25) is 5.91 Å². The molecule has 35 heavy (non-hydrogen) atoms. The first kappa shape index (κ1) is 23.2. The van der Waals surface area contributed by atoms with Gasteiger partial charge in [0.05, 0.1) is 24.2 Å². The molecule has 0 unspecified atom stereocenters. The summed E-state index contributed by atoms with van der Waals surface area (Å²) in [6.07, 6.45) is 2.50. The van der Waals surface area contributed by atoms with E-state index in [2.05, 4.69) is 67.7 Å². The summed E-state index contributed by atoms with van der Waals surface area (Å²) in [5.74, 6) is 1.80. The second kappa shape index (κ2) is 9.23. The minimum atomic E-state index is -0.444. The summed E-state index contributed by atoms with van der Waals surface area (Å²) >= 11 is 0. The molecular formula is C31H32N2O2. The number of carbonyl (C=O) groups is 1. The van der Waals surface area contributed by atoms with Crippen molar-refractivity contribution >= 4 is 5.91 Å². The Labute approximate surface area is 207 Å². The fraction of sp³-hybridized carbons (Fsp3) is 0.355. The van der Waals surface area contributed by atoms with Crippen LogP contribution in [0.2, 0.25) is 0 Å². The highest BCUT2D eigenvalue weighted by molar-refractivity contribution is 5.86. The first-order valence-corrected chi connectivity index (χ1v) is 12.4. The van der Waals surface area contributed by atoms with Gasteiger partial charge in [0.25, 0.3) is 0 Å². The SMILES string of the molecule is COc1ccc([C@@H]2CC[C@@]3(Cc4ccc(C#N)cc4)C(=O)NC[C@H]3[C@H]2c2ccc(C)cc2)c(C)c1. The van der Waals surface area contributed by atoms with E-state index in [0.29, 0.717) is 24.4 Å². The summed E-state index contributed by atoms with van der Waals surface area (Å²) in [7, 11) is 1.71. The molecule has 0 aromatic heterocycles. The van der Waals surface area contributed by atoms with Crippen molar-refractivity contribution in [2.45, 2.75) is 44.9 Å². The number of ether oxygens (including phenoxy) is 1. The molecule has 4 nitrogen and oxygen atoms in total. The summed E-state index contributed by atoms with van der Waals surface area (Å²) in [6, 6.07) is 25.2. The van der Waals surface area contributed by atoms with Crippen LogP contribution in [0.4, 0.5) is 0 Å². The Morgan fingerprint density at radius 3 is 2.46 bits per heavy atom. The Hall–Kier alpha value is -3.58. The zero-order chi connectivity index (χ0) is 24.6. The second-order valence-electron chi connectivity index (χ2n) is 10.3. The predicted octanol–water partition coefficient (Wildman–Crippen LogP) is 5.82. The summed E-state index contributed by atoms with van der Waals surface area (Å²) in [6.45, 7) is 4.98. The van der Waals surface area contributed by atoms with Gasteiger partial charge >= 0.3 is 0 Å². The number of fused-ring (bicyclic) bond motifs is 1. The number of nitrogens with zero attached hydrogens (tertiary/aromatic N) is 1. The highest BCUT2D eigenvalue weighted by atomic mass is 16.5. The Kier molecular flexibility index (Phi) is 6.11. The van der Waals surface area contributed by atoms with Crippen molar-refractivity contribution in [2.24, 2.45) is 11.3 Å². The third-order valence-corrected chi connectivity index (χ3v) is 8.35. The van der Waals surface area contributed by atoms with Crippen LogP contribution in [-0.2, 0) is 11.2 Å². The normalized spacial score (nSPS) is 25.4. The van der Waals surface area contributed by atoms with Crippen molar-refractivity contribution in [3.63, 3.8) is 0 Å². The van der Waals surface area contributed by atoms with Gasteiger partial charge in [0.1, 0.15) is 5.75 Å². The van der Waals surface area contributed by atoms with Gasteiger partial charge in [-0.25, -0.2) is 0 Å². The molecule has 1 saturated carbocycles. The molecule has 4 atom stereocenters. The number of benzene rings is 3. The lowest BCUT2D eigenvalue weighted by molar-refractivity contribution is -0.131. The van der Waals surface area contributed by atoms with E-state index in [9.17, 15) is 10.1 Å². The maximum Gasteiger partial charge on any atom is 0.226 e. The van der Waals surface area contributed by atoms with E-state index >= 15 is 0 Å². The number of methoxy groups -OCH3 is 1. The molecule has 178 valence electrons. The standard InChI is InChI=1S/C31H32N2O2/c1-20-4-10-24(11-5-20)29-27(26-13-12-25(35-3)16-21(26)2)14-15-31(28(29)19-33-30(31)34)17-22-6-8-23(18-32)9-7-22/h4-13,16,27-29H,14-15,17,19H2,1-3H3,(H,33,34)/t27-,28-,29-,31-/m0/s1. The molecule has 1 N–H and O–H groups in total. The third kappa shape index (κ3) is 4.10. The summed E-state index contributed by atoms with van der Waals surface area (Å²) in [5.41, 5.74) is 6.46. The molecule has 0 radical (unpaired) electrons. The lowest BCUT2D eigenvalue weighted by Gasteiger charge is -2.47.